The summed E-state index contributed by atoms with van der Waals surface area (Å²) >= 11 is 12.8. The molecule has 1 fully saturated rings. The van der Waals surface area contributed by atoms with Crippen LogP contribution in [0.5, 0.6) is 0 Å². The first-order valence-corrected chi connectivity index (χ1v) is 12.1. The van der Waals surface area contributed by atoms with Crippen molar-refractivity contribution in [1.29, 1.82) is 0 Å². The van der Waals surface area contributed by atoms with Gasteiger partial charge in [-0.3, -0.25) is 4.79 Å². The Morgan fingerprint density at radius 3 is 2.65 bits per heavy atom. The number of nitrogens with one attached hydrogen (secondary N) is 1. The van der Waals surface area contributed by atoms with Gasteiger partial charge < -0.3 is 10.2 Å². The number of amides is 1. The Morgan fingerprint density at radius 2 is 1.87 bits per heavy atom. The minimum atomic E-state index is 0.0335. The van der Waals surface area contributed by atoms with Crippen molar-refractivity contribution < 1.29 is 4.79 Å². The molecular formula is C26H28Cl2N2O. The van der Waals surface area contributed by atoms with Crippen LogP contribution in [-0.2, 0) is 0 Å². The second kappa shape index (κ2) is 8.52. The first-order chi connectivity index (χ1) is 15.0. The number of benzene rings is 2. The summed E-state index contributed by atoms with van der Waals surface area (Å²) in [6.07, 6.45) is 11.4. The van der Waals surface area contributed by atoms with Gasteiger partial charge in [0, 0.05) is 29.1 Å². The molecule has 5 heteroatoms. The fraction of sp³-hybridized carbons (Fsp3) is 0.423. The van der Waals surface area contributed by atoms with Gasteiger partial charge in [0.2, 0.25) is 0 Å². The van der Waals surface area contributed by atoms with Crippen molar-refractivity contribution >= 4 is 34.8 Å². The summed E-state index contributed by atoms with van der Waals surface area (Å²) in [5.41, 5.74) is 3.97. The van der Waals surface area contributed by atoms with Crippen LogP contribution in [0.3, 0.4) is 0 Å². The van der Waals surface area contributed by atoms with Crippen molar-refractivity contribution in [3.63, 3.8) is 0 Å². The van der Waals surface area contributed by atoms with E-state index in [1.54, 1.807) is 6.07 Å². The number of carbonyl (C=O) groups is 1. The molecule has 2 aromatic carbocycles. The first-order valence-electron chi connectivity index (χ1n) is 11.3. The Morgan fingerprint density at radius 1 is 1.06 bits per heavy atom. The van der Waals surface area contributed by atoms with Gasteiger partial charge in [-0.1, -0.05) is 72.8 Å². The standard InChI is InChI=1S/C26H28Cl2N2O/c1-30(17-7-3-2-4-8-17)26(31)22-12-6-11-20-18-9-5-10-19(18)24(29-25(20)22)21-14-13-16(27)15-23(21)28/h5-6,9,11-15,17-19,24,29H,2-4,7-8,10H2,1H3. The highest BCUT2D eigenvalue weighted by molar-refractivity contribution is 6.35. The number of hydrogen-bond acceptors (Lipinski definition) is 2. The average Bonchev–Trinajstić information content (AvgIpc) is 3.28. The SMILES string of the molecule is CN(C(=O)c1cccc2c1NC(c1ccc(Cl)cc1Cl)C1CC=CC21)C1CCCCC1. The van der Waals surface area contributed by atoms with Gasteiger partial charge >= 0.3 is 0 Å². The third-order valence-corrected chi connectivity index (χ3v) is 7.93. The number of hydrogen-bond donors (Lipinski definition) is 1. The molecule has 0 aromatic heterocycles. The molecule has 3 aliphatic rings. The maximum Gasteiger partial charge on any atom is 0.255 e. The Bertz CT molecular complexity index is 1030. The number of halogens is 2. The van der Waals surface area contributed by atoms with Gasteiger partial charge in [-0.2, -0.15) is 0 Å². The monoisotopic (exact) mass is 454 g/mol. The second-order valence-electron chi connectivity index (χ2n) is 9.12. The summed E-state index contributed by atoms with van der Waals surface area (Å²) in [6, 6.07) is 12.2. The molecule has 1 N–H and O–H groups in total. The topological polar surface area (TPSA) is 32.3 Å². The number of nitrogens with zero attached hydrogens (tertiary/aromatic N) is 1. The molecule has 31 heavy (non-hydrogen) atoms. The van der Waals surface area contributed by atoms with Gasteiger partial charge in [-0.15, -0.1) is 0 Å². The van der Waals surface area contributed by atoms with Crippen LogP contribution in [0.25, 0.3) is 0 Å². The lowest BCUT2D eigenvalue weighted by Crippen LogP contribution is -2.39. The van der Waals surface area contributed by atoms with Crippen molar-refractivity contribution in [1.82, 2.24) is 4.90 Å². The van der Waals surface area contributed by atoms with Crippen LogP contribution in [0.2, 0.25) is 10.0 Å². The van der Waals surface area contributed by atoms with E-state index >= 15 is 0 Å². The maximum absolute atomic E-state index is 13.6. The number of allylic oxidation sites excluding steroid dienone is 2. The van der Waals surface area contributed by atoms with Gasteiger partial charge in [-0.05, 0) is 54.5 Å². The molecule has 3 unspecified atom stereocenters. The fourth-order valence-corrected chi connectivity index (χ4v) is 6.21. The van der Waals surface area contributed by atoms with Crippen LogP contribution < -0.4 is 5.32 Å². The van der Waals surface area contributed by atoms with E-state index in [1.165, 1.54) is 24.8 Å². The third-order valence-electron chi connectivity index (χ3n) is 7.37. The maximum atomic E-state index is 13.6. The number of fused-ring (bicyclic) bond motifs is 3. The largest absolute Gasteiger partial charge is 0.377 e. The predicted octanol–water partition coefficient (Wildman–Crippen LogP) is 7.22. The van der Waals surface area contributed by atoms with Crippen molar-refractivity contribution in [2.75, 3.05) is 12.4 Å². The summed E-state index contributed by atoms with van der Waals surface area (Å²) in [4.78, 5) is 15.6. The lowest BCUT2D eigenvalue weighted by atomic mass is 9.76. The molecular weight excluding hydrogens is 427 g/mol. The average molecular weight is 455 g/mol. The van der Waals surface area contributed by atoms with Crippen LogP contribution in [0.1, 0.15) is 72.0 Å². The zero-order chi connectivity index (χ0) is 21.5. The van der Waals surface area contributed by atoms with Crippen LogP contribution >= 0.6 is 23.2 Å². The molecule has 0 bridgehead atoms. The van der Waals surface area contributed by atoms with Crippen LogP contribution in [0, 0.1) is 5.92 Å². The molecule has 5 rings (SSSR count). The van der Waals surface area contributed by atoms with E-state index in [9.17, 15) is 4.79 Å². The molecule has 0 spiro atoms. The lowest BCUT2D eigenvalue weighted by molar-refractivity contribution is 0.0697. The van der Waals surface area contributed by atoms with E-state index in [-0.39, 0.29) is 17.9 Å². The molecule has 1 amide bonds. The summed E-state index contributed by atoms with van der Waals surface area (Å²) < 4.78 is 0. The highest BCUT2D eigenvalue weighted by Crippen LogP contribution is 2.51. The number of anilines is 1. The Kier molecular flexibility index (Phi) is 5.75. The Labute approximate surface area is 194 Å². The number of para-hydroxylation sites is 1. The highest BCUT2D eigenvalue weighted by Gasteiger charge is 2.40. The fourth-order valence-electron chi connectivity index (χ4n) is 5.69. The van der Waals surface area contributed by atoms with Gasteiger partial charge in [0.05, 0.1) is 17.3 Å². The van der Waals surface area contributed by atoms with Crippen LogP contribution in [0.4, 0.5) is 5.69 Å². The molecule has 3 nitrogen and oxygen atoms in total. The first kappa shape index (κ1) is 20.9. The van der Waals surface area contributed by atoms with Crippen molar-refractivity contribution in [2.45, 2.75) is 56.5 Å². The highest BCUT2D eigenvalue weighted by atomic mass is 35.5. The molecule has 0 saturated heterocycles. The Hall–Kier alpha value is -1.97. The zero-order valence-corrected chi connectivity index (χ0v) is 19.3. The normalized spacial score (nSPS) is 24.9. The zero-order valence-electron chi connectivity index (χ0n) is 17.8. The molecule has 2 aliphatic carbocycles. The lowest BCUT2D eigenvalue weighted by Gasteiger charge is -2.39. The van der Waals surface area contributed by atoms with Crippen molar-refractivity contribution in [3.05, 3.63) is 75.3 Å². The van der Waals surface area contributed by atoms with E-state index in [4.69, 9.17) is 23.2 Å². The van der Waals surface area contributed by atoms with Crippen molar-refractivity contribution in [3.8, 4) is 0 Å². The molecule has 1 saturated carbocycles. The molecule has 2 aromatic rings. The van der Waals surface area contributed by atoms with E-state index in [0.717, 1.165) is 36.1 Å². The van der Waals surface area contributed by atoms with Crippen molar-refractivity contribution in [2.24, 2.45) is 5.92 Å². The van der Waals surface area contributed by atoms with E-state index in [1.807, 2.05) is 36.2 Å². The third kappa shape index (κ3) is 3.76. The van der Waals surface area contributed by atoms with Crippen LogP contribution in [-0.4, -0.2) is 23.9 Å². The van der Waals surface area contributed by atoms with E-state index in [2.05, 4.69) is 23.5 Å². The number of carbonyl (C=O) groups excluding carboxylic acids is 1. The quantitative estimate of drug-likeness (QED) is 0.496. The Balaban J connectivity index is 1.53. The van der Waals surface area contributed by atoms with Gasteiger partial charge in [0.1, 0.15) is 0 Å². The van der Waals surface area contributed by atoms with Gasteiger partial charge in [0.25, 0.3) is 5.91 Å². The summed E-state index contributed by atoms with van der Waals surface area (Å²) in [5.74, 6) is 0.756. The van der Waals surface area contributed by atoms with E-state index < -0.39 is 0 Å². The summed E-state index contributed by atoms with van der Waals surface area (Å²) in [7, 11) is 1.96. The number of rotatable bonds is 3. The summed E-state index contributed by atoms with van der Waals surface area (Å²) in [6.45, 7) is 0. The van der Waals surface area contributed by atoms with Crippen LogP contribution in [0.15, 0.2) is 48.6 Å². The minimum absolute atomic E-state index is 0.0335. The molecule has 162 valence electrons. The van der Waals surface area contributed by atoms with Gasteiger partial charge in [0.15, 0.2) is 0 Å². The molecule has 0 radical (unpaired) electrons. The summed E-state index contributed by atoms with van der Waals surface area (Å²) in [5, 5.41) is 5.04. The molecule has 1 aliphatic heterocycles. The smallest absolute Gasteiger partial charge is 0.255 e. The minimum Gasteiger partial charge on any atom is -0.377 e. The molecule has 1 heterocycles. The predicted molar refractivity (Wildman–Crippen MR) is 128 cm³/mol. The molecule has 3 atom stereocenters. The second-order valence-corrected chi connectivity index (χ2v) is 9.96. The van der Waals surface area contributed by atoms with Gasteiger partial charge in [-0.25, -0.2) is 0 Å². The van der Waals surface area contributed by atoms with E-state index in [0.29, 0.717) is 22.0 Å².